The molecule has 128 valence electrons. The van der Waals surface area contributed by atoms with Gasteiger partial charge in [0.25, 0.3) is 0 Å². The Balaban J connectivity index is 1.94. The van der Waals surface area contributed by atoms with Crippen LogP contribution in [0.3, 0.4) is 0 Å². The maximum Gasteiger partial charge on any atom is 0.337 e. The second-order valence-corrected chi connectivity index (χ2v) is 5.26. The van der Waals surface area contributed by atoms with Crippen LogP contribution in [0.2, 0.25) is 0 Å². The van der Waals surface area contributed by atoms with Gasteiger partial charge in [-0.05, 0) is 6.42 Å². The molecule has 2 N–H and O–H groups in total. The number of morpholine rings is 1. The van der Waals surface area contributed by atoms with Gasteiger partial charge in [0.15, 0.2) is 11.5 Å². The molecule has 0 atom stereocenters. The number of benzene rings is 1. The van der Waals surface area contributed by atoms with E-state index in [1.165, 1.54) is 13.2 Å². The zero-order valence-electron chi connectivity index (χ0n) is 13.6. The smallest absolute Gasteiger partial charge is 0.337 e. The standard InChI is InChI=1S/C16H24N2O5/c1-17-13-11-15(14(21-2)10-12(13)16(19)20)23-7-3-4-18-5-8-22-9-6-18/h10-11,17H,3-9H2,1-2H3,(H,19,20). The van der Waals surface area contributed by atoms with Crippen LogP contribution < -0.4 is 14.8 Å². The molecule has 1 aromatic rings. The molecule has 0 radical (unpaired) electrons. The molecule has 1 aromatic carbocycles. The summed E-state index contributed by atoms with van der Waals surface area (Å²) in [4.78, 5) is 13.6. The van der Waals surface area contributed by atoms with Gasteiger partial charge in [0, 0.05) is 38.8 Å². The summed E-state index contributed by atoms with van der Waals surface area (Å²) in [5.41, 5.74) is 0.659. The summed E-state index contributed by atoms with van der Waals surface area (Å²) in [6, 6.07) is 3.14. The highest BCUT2D eigenvalue weighted by Crippen LogP contribution is 2.33. The highest BCUT2D eigenvalue weighted by Gasteiger charge is 2.16. The van der Waals surface area contributed by atoms with E-state index in [-0.39, 0.29) is 5.56 Å². The molecule has 0 saturated carbocycles. The first-order valence-corrected chi connectivity index (χ1v) is 7.71. The quantitative estimate of drug-likeness (QED) is 0.702. The van der Waals surface area contributed by atoms with Gasteiger partial charge in [-0.25, -0.2) is 4.79 Å². The first-order chi connectivity index (χ1) is 11.2. The van der Waals surface area contributed by atoms with E-state index in [2.05, 4.69) is 10.2 Å². The molecule has 1 fully saturated rings. The average molecular weight is 324 g/mol. The summed E-state index contributed by atoms with van der Waals surface area (Å²) >= 11 is 0. The fourth-order valence-corrected chi connectivity index (χ4v) is 2.51. The highest BCUT2D eigenvalue weighted by atomic mass is 16.5. The van der Waals surface area contributed by atoms with Gasteiger partial charge in [-0.3, -0.25) is 4.90 Å². The summed E-state index contributed by atoms with van der Waals surface area (Å²) in [5, 5.41) is 12.1. The van der Waals surface area contributed by atoms with E-state index < -0.39 is 5.97 Å². The number of nitrogens with one attached hydrogen (secondary N) is 1. The molecule has 7 heteroatoms. The summed E-state index contributed by atoms with van der Waals surface area (Å²) < 4.78 is 16.3. The van der Waals surface area contributed by atoms with Crippen LogP contribution in [0.4, 0.5) is 5.69 Å². The number of hydrogen-bond donors (Lipinski definition) is 2. The van der Waals surface area contributed by atoms with Crippen LogP contribution in [0, 0.1) is 0 Å². The zero-order chi connectivity index (χ0) is 16.7. The fourth-order valence-electron chi connectivity index (χ4n) is 2.51. The molecule has 0 unspecified atom stereocenters. The molecule has 1 aliphatic heterocycles. The minimum atomic E-state index is -1.01. The molecule has 0 amide bonds. The Bertz CT molecular complexity index is 529. The average Bonchev–Trinajstić information content (AvgIpc) is 2.58. The minimum absolute atomic E-state index is 0.157. The van der Waals surface area contributed by atoms with Crippen LogP contribution in [0.25, 0.3) is 0 Å². The maximum atomic E-state index is 11.2. The SMILES string of the molecule is CNc1cc(OCCCN2CCOCC2)c(OC)cc1C(=O)O. The van der Waals surface area contributed by atoms with Crippen molar-refractivity contribution in [3.63, 3.8) is 0 Å². The Morgan fingerprint density at radius 1 is 1.35 bits per heavy atom. The van der Waals surface area contributed by atoms with Crippen molar-refractivity contribution in [3.05, 3.63) is 17.7 Å². The third kappa shape index (κ3) is 4.74. The lowest BCUT2D eigenvalue weighted by molar-refractivity contribution is 0.0357. The van der Waals surface area contributed by atoms with Crippen LogP contribution in [-0.2, 0) is 4.74 Å². The van der Waals surface area contributed by atoms with E-state index >= 15 is 0 Å². The molecule has 0 spiro atoms. The minimum Gasteiger partial charge on any atom is -0.493 e. The van der Waals surface area contributed by atoms with Crippen molar-refractivity contribution in [2.45, 2.75) is 6.42 Å². The largest absolute Gasteiger partial charge is 0.493 e. The number of carbonyl (C=O) groups is 1. The lowest BCUT2D eigenvalue weighted by atomic mass is 10.1. The number of anilines is 1. The molecular weight excluding hydrogens is 300 g/mol. The van der Waals surface area contributed by atoms with Gasteiger partial charge >= 0.3 is 5.97 Å². The number of aromatic carboxylic acids is 1. The lowest BCUT2D eigenvalue weighted by Crippen LogP contribution is -2.37. The van der Waals surface area contributed by atoms with Crippen LogP contribution in [0.5, 0.6) is 11.5 Å². The molecule has 23 heavy (non-hydrogen) atoms. The van der Waals surface area contributed by atoms with E-state index in [1.807, 2.05) is 0 Å². The summed E-state index contributed by atoms with van der Waals surface area (Å²) in [6.07, 6.45) is 0.888. The molecular formula is C16H24N2O5. The van der Waals surface area contributed by atoms with Crippen LogP contribution in [0.15, 0.2) is 12.1 Å². The maximum absolute atomic E-state index is 11.2. The Labute approximate surface area is 136 Å². The predicted molar refractivity (Wildman–Crippen MR) is 86.9 cm³/mol. The van der Waals surface area contributed by atoms with Crippen LogP contribution in [0.1, 0.15) is 16.8 Å². The van der Waals surface area contributed by atoms with E-state index in [0.29, 0.717) is 23.8 Å². The normalized spacial score (nSPS) is 15.2. The number of carboxylic acid groups (broad SMARTS) is 1. The summed E-state index contributed by atoms with van der Waals surface area (Å²) in [5.74, 6) is -0.0388. The Kier molecular flexibility index (Phi) is 6.49. The Hall–Kier alpha value is -1.99. The van der Waals surface area contributed by atoms with Gasteiger partial charge in [0.2, 0.25) is 0 Å². The lowest BCUT2D eigenvalue weighted by Gasteiger charge is -2.26. The van der Waals surface area contributed by atoms with Crippen molar-refractivity contribution in [2.75, 3.05) is 58.9 Å². The van der Waals surface area contributed by atoms with E-state index in [4.69, 9.17) is 14.2 Å². The number of hydrogen-bond acceptors (Lipinski definition) is 6. The van der Waals surface area contributed by atoms with Crippen molar-refractivity contribution in [1.82, 2.24) is 4.90 Å². The summed E-state index contributed by atoms with van der Waals surface area (Å²) in [6.45, 7) is 5.00. The highest BCUT2D eigenvalue weighted by molar-refractivity contribution is 5.95. The Morgan fingerprint density at radius 2 is 2.09 bits per heavy atom. The molecule has 0 bridgehead atoms. The molecule has 2 rings (SSSR count). The molecule has 1 aliphatic rings. The first-order valence-electron chi connectivity index (χ1n) is 7.71. The van der Waals surface area contributed by atoms with E-state index in [9.17, 15) is 9.90 Å². The van der Waals surface area contributed by atoms with Crippen molar-refractivity contribution < 1.29 is 24.1 Å². The second-order valence-electron chi connectivity index (χ2n) is 5.26. The number of rotatable bonds is 8. The van der Waals surface area contributed by atoms with Crippen LogP contribution >= 0.6 is 0 Å². The molecule has 1 saturated heterocycles. The number of ether oxygens (including phenoxy) is 3. The third-order valence-corrected chi connectivity index (χ3v) is 3.78. The van der Waals surface area contributed by atoms with Crippen molar-refractivity contribution in [1.29, 1.82) is 0 Å². The summed E-state index contributed by atoms with van der Waals surface area (Å²) in [7, 11) is 3.18. The van der Waals surface area contributed by atoms with E-state index in [1.54, 1.807) is 13.1 Å². The number of nitrogens with zero attached hydrogens (tertiary/aromatic N) is 1. The van der Waals surface area contributed by atoms with E-state index in [0.717, 1.165) is 39.3 Å². The zero-order valence-corrected chi connectivity index (χ0v) is 13.6. The number of methoxy groups -OCH3 is 1. The van der Waals surface area contributed by atoms with Gasteiger partial charge < -0.3 is 24.6 Å². The monoisotopic (exact) mass is 324 g/mol. The fraction of sp³-hybridized carbons (Fsp3) is 0.562. The Morgan fingerprint density at radius 3 is 2.70 bits per heavy atom. The topological polar surface area (TPSA) is 80.3 Å². The molecule has 1 heterocycles. The van der Waals surface area contributed by atoms with Gasteiger partial charge in [-0.1, -0.05) is 0 Å². The van der Waals surface area contributed by atoms with Crippen molar-refractivity contribution in [3.8, 4) is 11.5 Å². The third-order valence-electron chi connectivity index (χ3n) is 3.78. The second kappa shape index (κ2) is 8.59. The van der Waals surface area contributed by atoms with Gasteiger partial charge in [-0.15, -0.1) is 0 Å². The van der Waals surface area contributed by atoms with Crippen molar-refractivity contribution in [2.24, 2.45) is 0 Å². The van der Waals surface area contributed by atoms with Crippen LogP contribution in [-0.4, -0.2) is 69.6 Å². The van der Waals surface area contributed by atoms with Crippen molar-refractivity contribution >= 4 is 11.7 Å². The molecule has 0 aliphatic carbocycles. The predicted octanol–water partition coefficient (Wildman–Crippen LogP) is 1.54. The molecule has 0 aromatic heterocycles. The molecule has 7 nitrogen and oxygen atoms in total. The van der Waals surface area contributed by atoms with Gasteiger partial charge in [0.05, 0.1) is 38.2 Å². The van der Waals surface area contributed by atoms with Gasteiger partial charge in [0.1, 0.15) is 0 Å². The first kappa shape index (κ1) is 17.4. The number of carboxylic acids is 1. The van der Waals surface area contributed by atoms with Gasteiger partial charge in [-0.2, -0.15) is 0 Å².